The molecule has 0 heterocycles. The van der Waals surface area contributed by atoms with Crippen LogP contribution >= 0.6 is 0 Å². The molecule has 2 bridgehead atoms. The fraction of sp³-hybridized carbons (Fsp3) is 0.333. The van der Waals surface area contributed by atoms with Gasteiger partial charge in [-0.05, 0) is 77.6 Å². The Morgan fingerprint density at radius 1 is 0.914 bits per heavy atom. The van der Waals surface area contributed by atoms with Gasteiger partial charge >= 0.3 is 5.97 Å². The standard InChI is InChI=1S/C30H31NO4/c1-35-27-14-7-22(8-15-27)21-3-10-24(11-4-21)30(19-20-2-9-26(30)18-20)25-12-5-23(6-13-25)29(34)31-17-16-28(32)33/h3-8,10-15,20,26H,2,9,16-19H2,1H3,(H,31,34)(H,32,33). The molecule has 0 radical (unpaired) electrons. The summed E-state index contributed by atoms with van der Waals surface area (Å²) < 4.78 is 5.29. The lowest BCUT2D eigenvalue weighted by molar-refractivity contribution is -0.136. The first-order valence-electron chi connectivity index (χ1n) is 12.3. The molecule has 5 nitrogen and oxygen atoms in total. The van der Waals surface area contributed by atoms with Crippen LogP contribution < -0.4 is 10.1 Å². The zero-order valence-corrected chi connectivity index (χ0v) is 20.0. The lowest BCUT2D eigenvalue weighted by Gasteiger charge is -2.39. The molecule has 5 heteroatoms. The zero-order valence-electron chi connectivity index (χ0n) is 20.0. The second kappa shape index (κ2) is 9.57. The van der Waals surface area contributed by atoms with Crippen LogP contribution in [0.5, 0.6) is 5.75 Å². The monoisotopic (exact) mass is 469 g/mol. The third-order valence-electron chi connectivity index (χ3n) is 7.96. The Kier molecular flexibility index (Phi) is 6.33. The van der Waals surface area contributed by atoms with Crippen molar-refractivity contribution in [3.8, 4) is 16.9 Å². The summed E-state index contributed by atoms with van der Waals surface area (Å²) in [4.78, 5) is 23.1. The molecular formula is C30H31NO4. The Bertz CT molecular complexity index is 1200. The molecule has 180 valence electrons. The van der Waals surface area contributed by atoms with Crippen LogP contribution in [0.15, 0.2) is 72.8 Å². The van der Waals surface area contributed by atoms with Crippen LogP contribution in [0, 0.1) is 11.8 Å². The summed E-state index contributed by atoms with van der Waals surface area (Å²) in [5.74, 6) is 1.06. The maximum Gasteiger partial charge on any atom is 0.305 e. The van der Waals surface area contributed by atoms with Crippen LogP contribution in [0.2, 0.25) is 0 Å². The number of carbonyl (C=O) groups excluding carboxylic acids is 1. The van der Waals surface area contributed by atoms with Crippen LogP contribution in [-0.2, 0) is 10.2 Å². The molecule has 3 aromatic carbocycles. The fourth-order valence-electron chi connectivity index (χ4n) is 6.25. The Morgan fingerprint density at radius 3 is 2.03 bits per heavy atom. The van der Waals surface area contributed by atoms with E-state index in [1.165, 1.54) is 36.0 Å². The SMILES string of the molecule is COc1ccc(-c2ccc(C3(c4ccc(C(=O)NCCC(=O)O)cc4)CC4CCC3C4)cc2)cc1. The van der Waals surface area contributed by atoms with Gasteiger partial charge in [0.2, 0.25) is 0 Å². The summed E-state index contributed by atoms with van der Waals surface area (Å²) in [7, 11) is 1.68. The van der Waals surface area contributed by atoms with Crippen molar-refractivity contribution in [3.05, 3.63) is 89.5 Å². The van der Waals surface area contributed by atoms with Crippen molar-refractivity contribution in [2.24, 2.45) is 11.8 Å². The van der Waals surface area contributed by atoms with Crippen molar-refractivity contribution in [2.75, 3.05) is 13.7 Å². The van der Waals surface area contributed by atoms with E-state index in [0.717, 1.165) is 23.7 Å². The summed E-state index contributed by atoms with van der Waals surface area (Å²) in [6, 6.07) is 25.1. The van der Waals surface area contributed by atoms with Gasteiger partial charge in [0.1, 0.15) is 5.75 Å². The van der Waals surface area contributed by atoms with Gasteiger partial charge in [-0.3, -0.25) is 9.59 Å². The van der Waals surface area contributed by atoms with Crippen molar-refractivity contribution in [2.45, 2.75) is 37.5 Å². The first-order valence-corrected chi connectivity index (χ1v) is 12.3. The number of nitrogens with one attached hydrogen (secondary N) is 1. The molecule has 3 aromatic rings. The number of ether oxygens (including phenoxy) is 1. The normalized spacial score (nSPS) is 22.7. The molecule has 2 saturated carbocycles. The Balaban J connectivity index is 1.41. The Hall–Kier alpha value is -3.60. The number of benzene rings is 3. The minimum Gasteiger partial charge on any atom is -0.497 e. The molecule has 0 aliphatic heterocycles. The predicted octanol–water partition coefficient (Wildman–Crippen LogP) is 5.67. The number of carboxylic acid groups (broad SMARTS) is 1. The van der Waals surface area contributed by atoms with Gasteiger partial charge in [0.25, 0.3) is 5.91 Å². The number of carboxylic acids is 1. The third kappa shape index (κ3) is 4.43. The highest BCUT2D eigenvalue weighted by molar-refractivity contribution is 5.94. The van der Waals surface area contributed by atoms with E-state index in [1.54, 1.807) is 7.11 Å². The number of hydrogen-bond acceptors (Lipinski definition) is 3. The van der Waals surface area contributed by atoms with E-state index in [2.05, 4.69) is 53.8 Å². The second-order valence-electron chi connectivity index (χ2n) is 9.83. The second-order valence-corrected chi connectivity index (χ2v) is 9.83. The van der Waals surface area contributed by atoms with E-state index in [9.17, 15) is 9.59 Å². The number of aliphatic carboxylic acids is 1. The van der Waals surface area contributed by atoms with E-state index < -0.39 is 5.97 Å². The molecule has 2 aliphatic rings. The van der Waals surface area contributed by atoms with E-state index >= 15 is 0 Å². The summed E-state index contributed by atoms with van der Waals surface area (Å²) in [5, 5.41) is 11.5. The molecule has 2 aliphatic carbocycles. The van der Waals surface area contributed by atoms with Crippen molar-refractivity contribution in [1.82, 2.24) is 5.32 Å². The summed E-state index contributed by atoms with van der Waals surface area (Å²) in [6.45, 7) is 0.129. The summed E-state index contributed by atoms with van der Waals surface area (Å²) in [5.41, 5.74) is 5.50. The quantitative estimate of drug-likeness (QED) is 0.446. The van der Waals surface area contributed by atoms with Gasteiger partial charge in [-0.1, -0.05) is 55.0 Å². The highest BCUT2D eigenvalue weighted by Gasteiger charge is 2.52. The van der Waals surface area contributed by atoms with Crippen molar-refractivity contribution in [3.63, 3.8) is 0 Å². The minimum absolute atomic E-state index is 0.0281. The van der Waals surface area contributed by atoms with E-state index in [4.69, 9.17) is 9.84 Å². The molecule has 2 fully saturated rings. The topological polar surface area (TPSA) is 75.6 Å². The highest BCUT2D eigenvalue weighted by atomic mass is 16.5. The van der Waals surface area contributed by atoms with Crippen molar-refractivity contribution >= 4 is 11.9 Å². The average molecular weight is 470 g/mol. The number of amides is 1. The molecule has 0 saturated heterocycles. The van der Waals surface area contributed by atoms with Gasteiger partial charge in [0, 0.05) is 17.5 Å². The van der Waals surface area contributed by atoms with Crippen LogP contribution in [0.4, 0.5) is 0 Å². The van der Waals surface area contributed by atoms with Gasteiger partial charge < -0.3 is 15.2 Å². The predicted molar refractivity (Wildman–Crippen MR) is 136 cm³/mol. The third-order valence-corrected chi connectivity index (χ3v) is 7.96. The Labute approximate surface area is 206 Å². The van der Waals surface area contributed by atoms with Gasteiger partial charge in [-0.15, -0.1) is 0 Å². The van der Waals surface area contributed by atoms with Crippen LogP contribution in [0.25, 0.3) is 11.1 Å². The number of carbonyl (C=O) groups is 2. The van der Waals surface area contributed by atoms with E-state index in [-0.39, 0.29) is 24.3 Å². The van der Waals surface area contributed by atoms with Crippen molar-refractivity contribution < 1.29 is 19.4 Å². The van der Waals surface area contributed by atoms with Gasteiger partial charge in [-0.25, -0.2) is 0 Å². The first kappa shape index (κ1) is 23.2. The summed E-state index contributed by atoms with van der Waals surface area (Å²) in [6.07, 6.45) is 4.87. The molecule has 0 aromatic heterocycles. The maximum atomic E-state index is 12.4. The Morgan fingerprint density at radius 2 is 1.51 bits per heavy atom. The molecule has 3 atom stereocenters. The lowest BCUT2D eigenvalue weighted by atomic mass is 9.64. The fourth-order valence-corrected chi connectivity index (χ4v) is 6.25. The number of hydrogen-bond donors (Lipinski definition) is 2. The molecule has 35 heavy (non-hydrogen) atoms. The maximum absolute atomic E-state index is 12.4. The highest BCUT2D eigenvalue weighted by Crippen LogP contribution is 2.60. The molecule has 2 N–H and O–H groups in total. The van der Waals surface area contributed by atoms with E-state index in [1.807, 2.05) is 24.3 Å². The van der Waals surface area contributed by atoms with Crippen LogP contribution in [0.1, 0.15) is 53.6 Å². The van der Waals surface area contributed by atoms with Crippen molar-refractivity contribution in [1.29, 1.82) is 0 Å². The van der Waals surface area contributed by atoms with Crippen LogP contribution in [-0.4, -0.2) is 30.6 Å². The molecule has 1 amide bonds. The summed E-state index contributed by atoms with van der Waals surface area (Å²) >= 11 is 0. The average Bonchev–Trinajstić information content (AvgIpc) is 3.51. The lowest BCUT2D eigenvalue weighted by Crippen LogP contribution is -2.34. The molecule has 0 spiro atoms. The van der Waals surface area contributed by atoms with Gasteiger partial charge in [0.15, 0.2) is 0 Å². The number of rotatable bonds is 8. The molecule has 5 rings (SSSR count). The van der Waals surface area contributed by atoms with E-state index in [0.29, 0.717) is 11.5 Å². The van der Waals surface area contributed by atoms with Gasteiger partial charge in [0.05, 0.1) is 13.5 Å². The van der Waals surface area contributed by atoms with Gasteiger partial charge in [-0.2, -0.15) is 0 Å². The molecule has 3 unspecified atom stereocenters. The first-order chi connectivity index (χ1) is 17.0. The smallest absolute Gasteiger partial charge is 0.305 e. The van der Waals surface area contributed by atoms with Crippen LogP contribution in [0.3, 0.4) is 0 Å². The molecular weight excluding hydrogens is 438 g/mol. The number of fused-ring (bicyclic) bond motifs is 2. The largest absolute Gasteiger partial charge is 0.497 e. The minimum atomic E-state index is -0.920. The number of methoxy groups -OCH3 is 1. The zero-order chi connectivity index (χ0) is 24.4.